The summed E-state index contributed by atoms with van der Waals surface area (Å²) in [4.78, 5) is 0. The van der Waals surface area contributed by atoms with E-state index in [-0.39, 0.29) is 17.7 Å². The first-order chi connectivity index (χ1) is 8.29. The predicted molar refractivity (Wildman–Crippen MR) is 80.5 cm³/mol. The van der Waals surface area contributed by atoms with Gasteiger partial charge in [0.1, 0.15) is 17.2 Å². The molecule has 0 aliphatic heterocycles. The summed E-state index contributed by atoms with van der Waals surface area (Å²) in [6, 6.07) is 0. The summed E-state index contributed by atoms with van der Waals surface area (Å²) in [5, 5.41) is 10.2. The first-order valence-corrected chi connectivity index (χ1v) is 6.73. The van der Waals surface area contributed by atoms with E-state index in [1.165, 1.54) is 0 Å². The fourth-order valence-electron chi connectivity index (χ4n) is 2.00. The zero-order valence-corrected chi connectivity index (χ0v) is 13.6. The van der Waals surface area contributed by atoms with Crippen LogP contribution in [0.5, 0.6) is 17.2 Å². The molecule has 18 heavy (non-hydrogen) atoms. The van der Waals surface area contributed by atoms with Crippen LogP contribution in [-0.4, -0.2) is 19.3 Å². The average Bonchev–Trinajstić information content (AvgIpc) is 2.30. The summed E-state index contributed by atoms with van der Waals surface area (Å²) in [5.74, 6) is 1.40. The molecule has 0 aliphatic rings. The molecule has 0 unspecified atom stereocenters. The molecule has 0 aliphatic carbocycles. The Kier molecular flexibility index (Phi) is 4.72. The van der Waals surface area contributed by atoms with E-state index in [0.29, 0.717) is 20.6 Å². The molecule has 0 fully saturated rings. The van der Waals surface area contributed by atoms with Crippen molar-refractivity contribution in [1.29, 1.82) is 0 Å². The van der Waals surface area contributed by atoms with Gasteiger partial charge in [0.15, 0.2) is 0 Å². The van der Waals surface area contributed by atoms with E-state index in [2.05, 4.69) is 43.4 Å². The fraction of sp³-hybridized carbons (Fsp3) is 0.538. The highest BCUT2D eigenvalue weighted by atomic mass is 127. The molecule has 0 spiro atoms. The Balaban J connectivity index is 3.80. The summed E-state index contributed by atoms with van der Waals surface area (Å²) in [7, 11) is 3.17. The molecule has 0 saturated carbocycles. The molecule has 1 aromatic rings. The zero-order chi connectivity index (χ0) is 14.1. The highest BCUT2D eigenvalue weighted by Crippen LogP contribution is 2.48. The van der Waals surface area contributed by atoms with Crippen molar-refractivity contribution in [3.63, 3.8) is 0 Å². The quantitative estimate of drug-likeness (QED) is 0.809. The number of ether oxygens (including phenoxy) is 2. The van der Waals surface area contributed by atoms with Crippen LogP contribution < -0.4 is 15.2 Å². The predicted octanol–water partition coefficient (Wildman–Crippen LogP) is 2.77. The Morgan fingerprint density at radius 1 is 1.17 bits per heavy atom. The van der Waals surface area contributed by atoms with Gasteiger partial charge in [0, 0.05) is 12.1 Å². The number of aromatic hydroxyl groups is 1. The summed E-state index contributed by atoms with van der Waals surface area (Å²) < 4.78 is 11.6. The standard InChI is InChI=1S/C13H20INO3/c1-13(2,3)8-11(17-4)7(6-15)10(16)9(14)12(8)18-5/h16H,6,15H2,1-5H3. The van der Waals surface area contributed by atoms with E-state index in [9.17, 15) is 5.11 Å². The molecule has 5 heteroatoms. The first kappa shape index (κ1) is 15.4. The molecule has 0 amide bonds. The molecule has 0 atom stereocenters. The Morgan fingerprint density at radius 3 is 2.00 bits per heavy atom. The fourth-order valence-corrected chi connectivity index (χ4v) is 2.81. The highest BCUT2D eigenvalue weighted by Gasteiger charge is 2.30. The molecule has 0 radical (unpaired) electrons. The monoisotopic (exact) mass is 365 g/mol. The molecule has 0 aromatic heterocycles. The van der Waals surface area contributed by atoms with Crippen molar-refractivity contribution >= 4 is 22.6 Å². The Hall–Kier alpha value is -0.690. The van der Waals surface area contributed by atoms with Gasteiger partial charge in [0.25, 0.3) is 0 Å². The van der Waals surface area contributed by atoms with E-state index in [1.54, 1.807) is 14.2 Å². The second-order valence-corrected chi connectivity index (χ2v) is 6.12. The van der Waals surface area contributed by atoms with E-state index in [4.69, 9.17) is 15.2 Å². The molecule has 4 nitrogen and oxygen atoms in total. The van der Waals surface area contributed by atoms with Gasteiger partial charge in [0.2, 0.25) is 0 Å². The average molecular weight is 365 g/mol. The summed E-state index contributed by atoms with van der Waals surface area (Å²) >= 11 is 2.07. The van der Waals surface area contributed by atoms with Crippen LogP contribution >= 0.6 is 22.6 Å². The number of nitrogens with two attached hydrogens (primary N) is 1. The SMILES string of the molecule is COc1c(I)c(O)c(CN)c(OC)c1C(C)(C)C. The van der Waals surface area contributed by atoms with Gasteiger partial charge in [-0.1, -0.05) is 20.8 Å². The Labute approximate surface area is 122 Å². The maximum atomic E-state index is 10.2. The van der Waals surface area contributed by atoms with E-state index >= 15 is 0 Å². The van der Waals surface area contributed by atoms with Crippen LogP contribution in [-0.2, 0) is 12.0 Å². The van der Waals surface area contributed by atoms with E-state index < -0.39 is 0 Å². The lowest BCUT2D eigenvalue weighted by molar-refractivity contribution is 0.352. The molecular weight excluding hydrogens is 345 g/mol. The van der Waals surface area contributed by atoms with Crippen molar-refractivity contribution in [2.45, 2.75) is 32.7 Å². The molecule has 102 valence electrons. The van der Waals surface area contributed by atoms with Crippen molar-refractivity contribution in [2.75, 3.05) is 14.2 Å². The summed E-state index contributed by atoms with van der Waals surface area (Å²) in [6.45, 7) is 6.43. The third kappa shape index (κ3) is 2.51. The molecule has 0 bridgehead atoms. The zero-order valence-electron chi connectivity index (χ0n) is 11.4. The molecular formula is C13H20INO3. The van der Waals surface area contributed by atoms with Gasteiger partial charge in [-0.2, -0.15) is 0 Å². The minimum Gasteiger partial charge on any atom is -0.506 e. The third-order valence-corrected chi connectivity index (χ3v) is 3.78. The first-order valence-electron chi connectivity index (χ1n) is 5.65. The summed E-state index contributed by atoms with van der Waals surface area (Å²) in [5.41, 5.74) is 7.09. The Morgan fingerprint density at radius 2 is 1.67 bits per heavy atom. The second kappa shape index (κ2) is 5.52. The smallest absolute Gasteiger partial charge is 0.143 e. The maximum absolute atomic E-state index is 10.2. The minimum atomic E-state index is -0.172. The maximum Gasteiger partial charge on any atom is 0.143 e. The molecule has 1 aromatic carbocycles. The highest BCUT2D eigenvalue weighted by molar-refractivity contribution is 14.1. The van der Waals surface area contributed by atoms with Crippen LogP contribution in [0.1, 0.15) is 31.9 Å². The van der Waals surface area contributed by atoms with Gasteiger partial charge in [-0.15, -0.1) is 0 Å². The number of rotatable bonds is 3. The normalized spacial score (nSPS) is 11.5. The molecule has 0 saturated heterocycles. The van der Waals surface area contributed by atoms with Crippen LogP contribution in [0.4, 0.5) is 0 Å². The number of benzene rings is 1. The number of phenolic OH excluding ortho intramolecular Hbond substituents is 1. The molecule has 3 N–H and O–H groups in total. The van der Waals surface area contributed by atoms with Crippen molar-refractivity contribution in [3.05, 3.63) is 14.7 Å². The van der Waals surface area contributed by atoms with Crippen LogP contribution in [0.15, 0.2) is 0 Å². The lowest BCUT2D eigenvalue weighted by Crippen LogP contribution is -2.17. The Bertz CT molecular complexity index is 453. The number of halogens is 1. The number of hydrogen-bond acceptors (Lipinski definition) is 4. The van der Waals surface area contributed by atoms with Gasteiger partial charge < -0.3 is 20.3 Å². The second-order valence-electron chi connectivity index (χ2n) is 5.04. The van der Waals surface area contributed by atoms with Gasteiger partial charge in [0.05, 0.1) is 23.4 Å². The van der Waals surface area contributed by atoms with Crippen molar-refractivity contribution < 1.29 is 14.6 Å². The van der Waals surface area contributed by atoms with Gasteiger partial charge >= 0.3 is 0 Å². The van der Waals surface area contributed by atoms with Gasteiger partial charge in [-0.3, -0.25) is 0 Å². The van der Waals surface area contributed by atoms with E-state index in [1.807, 2.05) is 0 Å². The number of methoxy groups -OCH3 is 2. The molecule has 1 rings (SSSR count). The largest absolute Gasteiger partial charge is 0.506 e. The molecule has 0 heterocycles. The number of hydrogen-bond donors (Lipinski definition) is 2. The van der Waals surface area contributed by atoms with Crippen LogP contribution in [0.2, 0.25) is 0 Å². The van der Waals surface area contributed by atoms with Gasteiger partial charge in [-0.05, 0) is 28.0 Å². The third-order valence-electron chi connectivity index (χ3n) is 2.78. The van der Waals surface area contributed by atoms with Crippen LogP contribution in [0.3, 0.4) is 0 Å². The number of phenols is 1. The lowest BCUT2D eigenvalue weighted by atomic mass is 9.84. The minimum absolute atomic E-state index is 0.139. The van der Waals surface area contributed by atoms with Crippen molar-refractivity contribution in [3.8, 4) is 17.2 Å². The van der Waals surface area contributed by atoms with Gasteiger partial charge in [-0.25, -0.2) is 0 Å². The van der Waals surface area contributed by atoms with Crippen molar-refractivity contribution in [1.82, 2.24) is 0 Å². The van der Waals surface area contributed by atoms with Crippen molar-refractivity contribution in [2.24, 2.45) is 5.73 Å². The van der Waals surface area contributed by atoms with Crippen LogP contribution in [0.25, 0.3) is 0 Å². The topological polar surface area (TPSA) is 64.7 Å². The summed E-state index contributed by atoms with van der Waals surface area (Å²) in [6.07, 6.45) is 0. The lowest BCUT2D eigenvalue weighted by Gasteiger charge is -2.27. The van der Waals surface area contributed by atoms with Crippen LogP contribution in [0, 0.1) is 3.57 Å². The van der Waals surface area contributed by atoms with E-state index in [0.717, 1.165) is 5.56 Å².